The largest absolute Gasteiger partial charge is 0.478 e. The molecule has 4 rings (SSSR count). The van der Waals surface area contributed by atoms with Crippen LogP contribution in [0.2, 0.25) is 0 Å². The van der Waals surface area contributed by atoms with Crippen LogP contribution in [0.25, 0.3) is 33.4 Å². The van der Waals surface area contributed by atoms with Crippen molar-refractivity contribution in [3.05, 3.63) is 76.1 Å². The summed E-state index contributed by atoms with van der Waals surface area (Å²) in [6.07, 6.45) is 0. The first-order valence-electron chi connectivity index (χ1n) is 10.6. The van der Waals surface area contributed by atoms with Crippen LogP contribution in [-0.2, 0) is 0 Å². The summed E-state index contributed by atoms with van der Waals surface area (Å²) in [7, 11) is 0. The molecule has 2 aromatic rings. The monoisotopic (exact) mass is 388 g/mol. The Bertz CT molecular complexity index is 1400. The van der Waals surface area contributed by atoms with Crippen molar-refractivity contribution in [1.29, 1.82) is 0 Å². The van der Waals surface area contributed by atoms with Crippen molar-refractivity contribution in [2.24, 2.45) is 0 Å². The van der Waals surface area contributed by atoms with Crippen LogP contribution >= 0.6 is 0 Å². The smallest absolute Gasteiger partial charge is 0.336 e. The van der Waals surface area contributed by atoms with Gasteiger partial charge in [0, 0.05) is 22.1 Å². The van der Waals surface area contributed by atoms with Crippen LogP contribution in [0.4, 0.5) is 0 Å². The summed E-state index contributed by atoms with van der Waals surface area (Å²) in [6, 6.07) is 11.2. The molecule has 0 aromatic heterocycles. The van der Waals surface area contributed by atoms with E-state index in [1.54, 1.807) is 24.3 Å². The number of aryl methyl sites for hydroxylation is 2. The van der Waals surface area contributed by atoms with Gasteiger partial charge in [-0.3, -0.25) is 0 Å². The zero-order valence-corrected chi connectivity index (χ0v) is 16.9. The van der Waals surface area contributed by atoms with Gasteiger partial charge >= 0.3 is 5.97 Å². The fourth-order valence-corrected chi connectivity index (χ4v) is 3.68. The topological polar surface area (TPSA) is 64.4 Å². The van der Waals surface area contributed by atoms with Gasteiger partial charge in [0.2, 0.25) is 5.36 Å². The number of hydrogen-bond donors (Lipinski definition) is 2. The number of fused-ring (bicyclic) bond motifs is 2. The molecule has 4 heteroatoms. The molecule has 0 bridgehead atoms. The maximum Gasteiger partial charge on any atom is 0.336 e. The molecule has 146 valence electrons. The van der Waals surface area contributed by atoms with Gasteiger partial charge in [-0.25, -0.2) is 9.79 Å². The van der Waals surface area contributed by atoms with Crippen molar-refractivity contribution >= 4 is 16.9 Å². The molecule has 1 heterocycles. The average molecular weight is 388 g/mol. The van der Waals surface area contributed by atoms with Crippen LogP contribution in [0.15, 0.2) is 52.9 Å². The summed E-state index contributed by atoms with van der Waals surface area (Å²) >= 11 is 0. The molecule has 1 aliphatic heterocycles. The van der Waals surface area contributed by atoms with Gasteiger partial charge in [0.25, 0.3) is 0 Å². The summed E-state index contributed by atoms with van der Waals surface area (Å²) in [5.74, 6) is -0.694. The highest BCUT2D eigenvalue weighted by atomic mass is 16.4. The highest BCUT2D eigenvalue weighted by Crippen LogP contribution is 2.42. The first-order valence-corrected chi connectivity index (χ1v) is 9.63. The van der Waals surface area contributed by atoms with Crippen LogP contribution in [0.5, 0.6) is 0 Å². The number of rotatable bonds is 3. The normalized spacial score (nSPS) is 13.0. The molecular weight excluding hydrogens is 362 g/mol. The van der Waals surface area contributed by atoms with Gasteiger partial charge < -0.3 is 9.52 Å². The van der Waals surface area contributed by atoms with Crippen molar-refractivity contribution in [3.8, 4) is 22.5 Å². The van der Waals surface area contributed by atoms with E-state index in [2.05, 4.69) is 4.99 Å². The van der Waals surface area contributed by atoms with E-state index in [-0.39, 0.29) is 17.6 Å². The van der Waals surface area contributed by atoms with Gasteiger partial charge in [-0.15, -0.1) is 0 Å². The Morgan fingerprint density at radius 1 is 1.07 bits per heavy atom. The first kappa shape index (κ1) is 16.5. The Hall–Kier alpha value is -3.40. The SMILES string of the molecule is [2H]c1c2oc3c([2H])c(C)c(C)cc3c(-c3ccccc3C(=O)O)c-2cc(C)c1=[NH+]CC. The maximum atomic E-state index is 12.0. The lowest BCUT2D eigenvalue weighted by Crippen LogP contribution is -2.76. The maximum absolute atomic E-state index is 12.0. The van der Waals surface area contributed by atoms with E-state index in [1.165, 1.54) is 0 Å². The Kier molecular flexibility index (Phi) is 4.11. The quantitative estimate of drug-likeness (QED) is 0.524. The molecule has 4 nitrogen and oxygen atoms in total. The van der Waals surface area contributed by atoms with Crippen molar-refractivity contribution in [3.63, 3.8) is 0 Å². The molecule has 0 spiro atoms. The van der Waals surface area contributed by atoms with E-state index in [9.17, 15) is 9.90 Å². The average Bonchev–Trinajstić information content (AvgIpc) is 2.74. The molecule has 2 N–H and O–H groups in total. The lowest BCUT2D eigenvalue weighted by atomic mass is 9.89. The summed E-state index contributed by atoms with van der Waals surface area (Å²) < 4.78 is 23.6. The van der Waals surface area contributed by atoms with Crippen LogP contribution < -0.4 is 10.3 Å². The van der Waals surface area contributed by atoms with Crippen molar-refractivity contribution in [2.45, 2.75) is 27.7 Å². The van der Waals surface area contributed by atoms with E-state index < -0.39 is 5.97 Å². The molecule has 0 unspecified atom stereocenters. The molecular formula is C25H24NO3+. The fourth-order valence-electron chi connectivity index (χ4n) is 3.68. The molecule has 29 heavy (non-hydrogen) atoms. The summed E-state index contributed by atoms with van der Waals surface area (Å²) in [6.45, 7) is 8.33. The Balaban J connectivity index is 2.33. The lowest BCUT2D eigenvalue weighted by molar-refractivity contribution is -0.496. The van der Waals surface area contributed by atoms with Crippen LogP contribution in [0, 0.1) is 20.8 Å². The first-order chi connectivity index (χ1) is 14.8. The number of hydrogen-bond acceptors (Lipinski definition) is 2. The van der Waals surface area contributed by atoms with Crippen molar-refractivity contribution in [2.75, 3.05) is 6.54 Å². The minimum Gasteiger partial charge on any atom is -0.478 e. The van der Waals surface area contributed by atoms with E-state index in [0.717, 1.165) is 16.7 Å². The van der Waals surface area contributed by atoms with Crippen LogP contribution in [0.3, 0.4) is 0 Å². The van der Waals surface area contributed by atoms with Gasteiger partial charge in [0.05, 0.1) is 14.3 Å². The molecule has 2 aliphatic rings. The molecule has 0 saturated carbocycles. The number of aromatic carboxylic acids is 1. The molecule has 1 aliphatic carbocycles. The number of carboxylic acid groups (broad SMARTS) is 1. The van der Waals surface area contributed by atoms with Gasteiger partial charge in [-0.05, 0) is 68.6 Å². The molecule has 0 fully saturated rings. The Morgan fingerprint density at radius 2 is 1.83 bits per heavy atom. The number of carboxylic acids is 1. The van der Waals surface area contributed by atoms with E-state index in [1.807, 2.05) is 39.8 Å². The predicted molar refractivity (Wildman–Crippen MR) is 114 cm³/mol. The van der Waals surface area contributed by atoms with Crippen LogP contribution in [-0.4, -0.2) is 17.6 Å². The van der Waals surface area contributed by atoms with Crippen molar-refractivity contribution in [1.82, 2.24) is 0 Å². The number of nitrogens with one attached hydrogen (secondary N) is 1. The molecule has 0 saturated heterocycles. The molecule has 0 radical (unpaired) electrons. The summed E-state index contributed by atoms with van der Waals surface area (Å²) in [5.41, 5.74) is 4.98. The Morgan fingerprint density at radius 3 is 2.55 bits per heavy atom. The molecule has 2 aromatic carbocycles. The summed E-state index contributed by atoms with van der Waals surface area (Å²) in [5, 5.41) is 11.2. The second-order valence-electron chi connectivity index (χ2n) is 7.25. The minimum atomic E-state index is -1.03. The van der Waals surface area contributed by atoms with E-state index in [0.29, 0.717) is 45.3 Å². The van der Waals surface area contributed by atoms with Crippen molar-refractivity contribution < 1.29 is 22.1 Å². The second-order valence-corrected chi connectivity index (χ2v) is 7.25. The van der Waals surface area contributed by atoms with Gasteiger partial charge in [0.1, 0.15) is 17.9 Å². The molecule has 0 atom stereocenters. The minimum absolute atomic E-state index is 0.168. The highest BCUT2D eigenvalue weighted by Gasteiger charge is 2.22. The third-order valence-electron chi connectivity index (χ3n) is 5.26. The third-order valence-corrected chi connectivity index (χ3v) is 5.26. The Labute approximate surface area is 172 Å². The van der Waals surface area contributed by atoms with Crippen LogP contribution in [0.1, 0.15) is 36.7 Å². The highest BCUT2D eigenvalue weighted by molar-refractivity contribution is 6.07. The standard InChI is InChI=1S/C25H23NO3/c1-5-26-21-13-23-20(11-16(21)4)24(17-8-6-7-9-18(17)25(27)28)19-10-14(2)15(3)12-22(19)29-23/h6-13H,5H2,1-4H3,(H,27,28)/p+1/i12D,13D. The zero-order chi connectivity index (χ0) is 22.4. The predicted octanol–water partition coefficient (Wildman–Crippen LogP) is 3.83. The third kappa shape index (κ3) is 3.21. The number of benzene rings is 3. The van der Waals surface area contributed by atoms with Gasteiger partial charge in [-0.2, -0.15) is 0 Å². The fraction of sp³-hybridized carbons (Fsp3) is 0.200. The van der Waals surface area contributed by atoms with Gasteiger partial charge in [0.15, 0.2) is 0 Å². The second kappa shape index (κ2) is 7.21. The number of carbonyl (C=O) groups is 1. The summed E-state index contributed by atoms with van der Waals surface area (Å²) in [4.78, 5) is 15.2. The zero-order valence-electron chi connectivity index (χ0n) is 18.9. The van der Waals surface area contributed by atoms with E-state index >= 15 is 0 Å². The van der Waals surface area contributed by atoms with E-state index in [4.69, 9.17) is 7.16 Å². The lowest BCUT2D eigenvalue weighted by Gasteiger charge is -2.18. The molecule has 0 amide bonds. The van der Waals surface area contributed by atoms with Gasteiger partial charge in [-0.1, -0.05) is 18.2 Å².